The van der Waals surface area contributed by atoms with Gasteiger partial charge < -0.3 is 0 Å². The van der Waals surface area contributed by atoms with Gasteiger partial charge in [-0.3, -0.25) is 0 Å². The van der Waals surface area contributed by atoms with Gasteiger partial charge in [0.2, 0.25) is 0 Å². The first-order chi connectivity index (χ1) is 12.0. The minimum absolute atomic E-state index is 0.601. The molecule has 0 N–H and O–H groups in total. The first-order valence-corrected chi connectivity index (χ1v) is 10.1. The fourth-order valence-electron chi connectivity index (χ4n) is 4.33. The zero-order valence-corrected chi connectivity index (χ0v) is 16.7. The molecule has 0 saturated heterocycles. The SMILES string of the molecule is CCC(C)CCc1ccc(C)c(CC(C)C2=CCC3=CC(C)=CC32)c1. The van der Waals surface area contributed by atoms with E-state index in [1.165, 1.54) is 42.4 Å². The number of aryl methyl sites for hydroxylation is 2. The van der Waals surface area contributed by atoms with Crippen LogP contribution in [0.1, 0.15) is 63.6 Å². The molecule has 1 aromatic carbocycles. The molecule has 3 unspecified atom stereocenters. The van der Waals surface area contributed by atoms with E-state index in [0.717, 1.165) is 12.3 Å². The van der Waals surface area contributed by atoms with Crippen LogP contribution in [0.2, 0.25) is 0 Å². The summed E-state index contributed by atoms with van der Waals surface area (Å²) < 4.78 is 0. The summed E-state index contributed by atoms with van der Waals surface area (Å²) in [6.45, 7) is 11.6. The van der Waals surface area contributed by atoms with Gasteiger partial charge in [0.25, 0.3) is 0 Å². The molecular formula is C25H34. The van der Waals surface area contributed by atoms with Crippen LogP contribution in [0.4, 0.5) is 0 Å². The highest BCUT2D eigenvalue weighted by molar-refractivity contribution is 5.47. The average molecular weight is 335 g/mol. The molecule has 0 aromatic heterocycles. The third-order valence-corrected chi connectivity index (χ3v) is 6.31. The lowest BCUT2D eigenvalue weighted by molar-refractivity contribution is 0.516. The van der Waals surface area contributed by atoms with E-state index in [1.54, 1.807) is 16.7 Å². The predicted molar refractivity (Wildman–Crippen MR) is 110 cm³/mol. The van der Waals surface area contributed by atoms with Gasteiger partial charge in [-0.1, -0.05) is 80.3 Å². The molecule has 0 aliphatic heterocycles. The van der Waals surface area contributed by atoms with Crippen molar-refractivity contribution >= 4 is 0 Å². The van der Waals surface area contributed by atoms with Gasteiger partial charge in [-0.25, -0.2) is 0 Å². The fourth-order valence-corrected chi connectivity index (χ4v) is 4.33. The maximum absolute atomic E-state index is 2.49. The number of hydrogen-bond acceptors (Lipinski definition) is 0. The van der Waals surface area contributed by atoms with Crippen LogP contribution in [-0.2, 0) is 12.8 Å². The monoisotopic (exact) mass is 334 g/mol. The molecule has 3 atom stereocenters. The molecular weight excluding hydrogens is 300 g/mol. The Kier molecular flexibility index (Phi) is 5.67. The highest BCUT2D eigenvalue weighted by Gasteiger charge is 2.28. The van der Waals surface area contributed by atoms with E-state index in [2.05, 4.69) is 71.0 Å². The van der Waals surface area contributed by atoms with E-state index < -0.39 is 0 Å². The Bertz CT molecular complexity index is 714. The molecule has 3 rings (SSSR count). The molecule has 0 heteroatoms. The third-order valence-electron chi connectivity index (χ3n) is 6.31. The molecule has 2 aliphatic rings. The Labute approximate surface area is 154 Å². The first-order valence-electron chi connectivity index (χ1n) is 10.1. The van der Waals surface area contributed by atoms with Crippen LogP contribution < -0.4 is 0 Å². The van der Waals surface area contributed by atoms with Gasteiger partial charge in [-0.15, -0.1) is 0 Å². The molecule has 25 heavy (non-hydrogen) atoms. The van der Waals surface area contributed by atoms with Crippen LogP contribution in [-0.4, -0.2) is 0 Å². The predicted octanol–water partition coefficient (Wildman–Crippen LogP) is 6.98. The molecule has 0 amide bonds. The van der Waals surface area contributed by atoms with Crippen LogP contribution >= 0.6 is 0 Å². The summed E-state index contributed by atoms with van der Waals surface area (Å²) in [7, 11) is 0. The Hall–Kier alpha value is -1.56. The van der Waals surface area contributed by atoms with E-state index in [-0.39, 0.29) is 0 Å². The lowest BCUT2D eigenvalue weighted by Crippen LogP contribution is -2.10. The molecule has 0 bridgehead atoms. The van der Waals surface area contributed by atoms with E-state index in [4.69, 9.17) is 0 Å². The van der Waals surface area contributed by atoms with Gasteiger partial charge in [0.05, 0.1) is 0 Å². The van der Waals surface area contributed by atoms with Gasteiger partial charge >= 0.3 is 0 Å². The maximum Gasteiger partial charge on any atom is 0.0201 e. The summed E-state index contributed by atoms with van der Waals surface area (Å²) in [4.78, 5) is 0. The maximum atomic E-state index is 2.49. The molecule has 0 nitrogen and oxygen atoms in total. The molecule has 1 aromatic rings. The van der Waals surface area contributed by atoms with Gasteiger partial charge in [-0.05, 0) is 68.1 Å². The number of fused-ring (bicyclic) bond motifs is 1. The number of allylic oxidation sites excluding steroid dienone is 6. The van der Waals surface area contributed by atoms with Crippen LogP contribution in [0.3, 0.4) is 0 Å². The molecule has 0 fully saturated rings. The lowest BCUT2D eigenvalue weighted by atomic mass is 9.85. The van der Waals surface area contributed by atoms with Crippen molar-refractivity contribution in [2.24, 2.45) is 17.8 Å². The van der Waals surface area contributed by atoms with E-state index in [0.29, 0.717) is 11.8 Å². The van der Waals surface area contributed by atoms with Crippen molar-refractivity contribution < 1.29 is 0 Å². The average Bonchev–Trinajstić information content (AvgIpc) is 3.13. The van der Waals surface area contributed by atoms with Crippen molar-refractivity contribution in [2.45, 2.75) is 66.7 Å². The summed E-state index contributed by atoms with van der Waals surface area (Å²) in [6.07, 6.45) is 13.5. The van der Waals surface area contributed by atoms with Gasteiger partial charge in [-0.2, -0.15) is 0 Å². The van der Waals surface area contributed by atoms with Crippen LogP contribution in [0.5, 0.6) is 0 Å². The van der Waals surface area contributed by atoms with Gasteiger partial charge in [0, 0.05) is 5.92 Å². The Morgan fingerprint density at radius 1 is 1.16 bits per heavy atom. The Morgan fingerprint density at radius 3 is 2.72 bits per heavy atom. The number of benzene rings is 1. The minimum atomic E-state index is 0.601. The summed E-state index contributed by atoms with van der Waals surface area (Å²) in [5.41, 5.74) is 9.22. The van der Waals surface area contributed by atoms with Crippen molar-refractivity contribution in [2.75, 3.05) is 0 Å². The van der Waals surface area contributed by atoms with Crippen LogP contribution in [0, 0.1) is 24.7 Å². The highest BCUT2D eigenvalue weighted by atomic mass is 14.3. The standard InChI is InChI=1S/C25H34/c1-6-17(2)7-9-21-10-8-19(4)23(16-21)15-20(5)24-12-11-22-13-18(3)14-25(22)24/h8,10,12-14,16-17,20,25H,6-7,9,11,15H2,1-5H3. The van der Waals surface area contributed by atoms with E-state index >= 15 is 0 Å². The van der Waals surface area contributed by atoms with Crippen LogP contribution in [0.25, 0.3) is 0 Å². The smallest absolute Gasteiger partial charge is 0.0201 e. The normalized spacial score (nSPS) is 21.5. The largest absolute Gasteiger partial charge is 0.0800 e. The second kappa shape index (κ2) is 7.77. The Morgan fingerprint density at radius 2 is 1.96 bits per heavy atom. The van der Waals surface area contributed by atoms with E-state index in [1.807, 2.05) is 0 Å². The van der Waals surface area contributed by atoms with E-state index in [9.17, 15) is 0 Å². The van der Waals surface area contributed by atoms with Crippen molar-refractivity contribution in [3.63, 3.8) is 0 Å². The zero-order chi connectivity index (χ0) is 18.0. The van der Waals surface area contributed by atoms with Gasteiger partial charge in [0.1, 0.15) is 0 Å². The third kappa shape index (κ3) is 4.17. The quantitative estimate of drug-likeness (QED) is 0.472. The molecule has 0 spiro atoms. The first kappa shape index (κ1) is 18.2. The summed E-state index contributed by atoms with van der Waals surface area (Å²) in [5.74, 6) is 2.06. The van der Waals surface area contributed by atoms with Crippen molar-refractivity contribution in [3.8, 4) is 0 Å². The lowest BCUT2D eigenvalue weighted by Gasteiger charge is -2.20. The number of hydrogen-bond donors (Lipinski definition) is 0. The second-order valence-corrected chi connectivity index (χ2v) is 8.43. The molecule has 0 heterocycles. The molecule has 2 aliphatic carbocycles. The molecule has 0 saturated carbocycles. The molecule has 134 valence electrons. The summed E-state index contributed by atoms with van der Waals surface area (Å²) >= 11 is 0. The van der Waals surface area contributed by atoms with Crippen LogP contribution in [0.15, 0.2) is 53.1 Å². The fraction of sp³-hybridized carbons (Fsp3) is 0.520. The summed E-state index contributed by atoms with van der Waals surface area (Å²) in [6, 6.07) is 7.16. The zero-order valence-electron chi connectivity index (χ0n) is 16.7. The number of rotatable bonds is 7. The van der Waals surface area contributed by atoms with Crippen molar-refractivity contribution in [1.82, 2.24) is 0 Å². The minimum Gasteiger partial charge on any atom is -0.0800 e. The highest BCUT2D eigenvalue weighted by Crippen LogP contribution is 2.42. The van der Waals surface area contributed by atoms with Crippen molar-refractivity contribution in [1.29, 1.82) is 0 Å². The van der Waals surface area contributed by atoms with Gasteiger partial charge in [0.15, 0.2) is 0 Å². The summed E-state index contributed by atoms with van der Waals surface area (Å²) in [5, 5.41) is 0. The molecule has 0 radical (unpaired) electrons. The topological polar surface area (TPSA) is 0 Å². The Balaban J connectivity index is 1.69. The van der Waals surface area contributed by atoms with Crippen molar-refractivity contribution in [3.05, 3.63) is 69.8 Å². The second-order valence-electron chi connectivity index (χ2n) is 8.43.